The maximum absolute atomic E-state index is 3.69. The molecule has 0 saturated carbocycles. The number of rotatable bonds is 6. The van der Waals surface area contributed by atoms with E-state index in [2.05, 4.69) is 62.9 Å². The van der Waals surface area contributed by atoms with E-state index in [0.29, 0.717) is 0 Å². The molecule has 0 saturated heterocycles. The standard InChI is InChI=1S/C18H25Si.3ClH.Ti/c1-4-6-15-19(3,17-12-8-7-9-13-17)18-14-10-11-16(18)5-2;;;;/h7-9,11-13H,4-6,10,15H2,1-3H3;3*1H;/q-1;;;;+4/p-3. The second-order valence-corrected chi connectivity index (χ2v) is 9.88. The van der Waals surface area contributed by atoms with Crippen LogP contribution in [0.4, 0.5) is 0 Å². The summed E-state index contributed by atoms with van der Waals surface area (Å²) < 4.78 is 0. The van der Waals surface area contributed by atoms with Gasteiger partial charge in [0.1, 0.15) is 0 Å². The van der Waals surface area contributed by atoms with Crippen molar-refractivity contribution in [3.05, 3.63) is 53.3 Å². The molecule has 1 aliphatic rings. The molecule has 1 atom stereocenters. The van der Waals surface area contributed by atoms with E-state index in [1.54, 1.807) is 16.0 Å². The smallest absolute Gasteiger partial charge is 1.00 e. The number of hydrogen-bond donors (Lipinski definition) is 0. The normalized spacial score (nSPS) is 14.7. The zero-order valence-electron chi connectivity index (χ0n) is 14.1. The molecule has 0 N–H and O–H groups in total. The van der Waals surface area contributed by atoms with Crippen LogP contribution < -0.4 is 42.4 Å². The van der Waals surface area contributed by atoms with Gasteiger partial charge in [0, 0.05) is 0 Å². The van der Waals surface area contributed by atoms with E-state index in [0.717, 1.165) is 12.8 Å². The molecule has 2 rings (SSSR count). The summed E-state index contributed by atoms with van der Waals surface area (Å²) in [5.41, 5.74) is 1.56. The average molecular weight is 424 g/mol. The summed E-state index contributed by atoms with van der Waals surface area (Å²) in [4.78, 5) is 0. The van der Waals surface area contributed by atoms with Gasteiger partial charge in [0.15, 0.2) is 0 Å². The van der Waals surface area contributed by atoms with Crippen LogP contribution in [-0.4, -0.2) is 8.07 Å². The van der Waals surface area contributed by atoms with Gasteiger partial charge in [-0.3, -0.25) is 6.08 Å². The number of hydrogen-bond acceptors (Lipinski definition) is 0. The Morgan fingerprint density at radius 1 is 1.04 bits per heavy atom. The fourth-order valence-electron chi connectivity index (χ4n) is 3.11. The second-order valence-electron chi connectivity index (χ2n) is 5.64. The summed E-state index contributed by atoms with van der Waals surface area (Å²) in [5.74, 6) is 0. The van der Waals surface area contributed by atoms with E-state index < -0.39 is 8.07 Å². The van der Waals surface area contributed by atoms with Crippen molar-refractivity contribution < 1.29 is 58.9 Å². The summed E-state index contributed by atoms with van der Waals surface area (Å²) in [7, 11) is -1.56. The molecular formula is C18H25Cl3SiTi. The van der Waals surface area contributed by atoms with Crippen LogP contribution in [0.2, 0.25) is 12.6 Å². The van der Waals surface area contributed by atoms with Crippen molar-refractivity contribution >= 4 is 13.3 Å². The predicted octanol–water partition coefficient (Wildman–Crippen LogP) is -4.21. The van der Waals surface area contributed by atoms with Crippen molar-refractivity contribution in [2.45, 2.75) is 52.1 Å². The number of benzene rings is 1. The first-order valence-corrected chi connectivity index (χ1v) is 10.3. The Bertz CT molecular complexity index is 488. The van der Waals surface area contributed by atoms with Gasteiger partial charge in [-0.25, -0.2) is 10.8 Å². The van der Waals surface area contributed by atoms with Gasteiger partial charge < -0.3 is 37.2 Å². The zero-order chi connectivity index (χ0) is 13.7. The van der Waals surface area contributed by atoms with Crippen LogP contribution in [0.3, 0.4) is 0 Å². The maximum Gasteiger partial charge on any atom is 4.00 e. The van der Waals surface area contributed by atoms with Gasteiger partial charge in [0.2, 0.25) is 0 Å². The molecule has 1 unspecified atom stereocenters. The Morgan fingerprint density at radius 3 is 2.17 bits per heavy atom. The molecule has 126 valence electrons. The Labute approximate surface area is 176 Å². The molecule has 23 heavy (non-hydrogen) atoms. The minimum absolute atomic E-state index is 0. The van der Waals surface area contributed by atoms with Crippen LogP contribution in [0.15, 0.2) is 47.2 Å². The van der Waals surface area contributed by atoms with Crippen LogP contribution in [0.25, 0.3) is 0 Å². The van der Waals surface area contributed by atoms with Gasteiger partial charge >= 0.3 is 21.7 Å². The maximum atomic E-state index is 3.69. The van der Waals surface area contributed by atoms with Gasteiger partial charge in [0.25, 0.3) is 0 Å². The first-order chi connectivity index (χ1) is 9.22. The molecule has 5 heteroatoms. The Balaban J connectivity index is -0.000001000. The van der Waals surface area contributed by atoms with Crippen molar-refractivity contribution in [3.63, 3.8) is 0 Å². The van der Waals surface area contributed by atoms with Crippen LogP contribution in [0, 0.1) is 6.08 Å². The van der Waals surface area contributed by atoms with Gasteiger partial charge in [-0.1, -0.05) is 81.2 Å². The topological polar surface area (TPSA) is 0 Å². The Hall–Kier alpha value is 0.501. The van der Waals surface area contributed by atoms with Crippen molar-refractivity contribution in [2.75, 3.05) is 0 Å². The van der Waals surface area contributed by atoms with E-state index in [-0.39, 0.29) is 58.9 Å². The molecule has 1 aromatic carbocycles. The molecule has 0 fully saturated rings. The summed E-state index contributed by atoms with van der Waals surface area (Å²) >= 11 is 0. The first-order valence-electron chi connectivity index (χ1n) is 7.58. The second kappa shape index (κ2) is 13.8. The molecule has 0 spiro atoms. The van der Waals surface area contributed by atoms with Crippen molar-refractivity contribution in [1.29, 1.82) is 0 Å². The molecule has 0 heterocycles. The minimum Gasteiger partial charge on any atom is -1.00 e. The largest absolute Gasteiger partial charge is 4.00 e. The molecule has 0 nitrogen and oxygen atoms in total. The van der Waals surface area contributed by atoms with E-state index in [4.69, 9.17) is 0 Å². The quantitative estimate of drug-likeness (QED) is 0.322. The minimum atomic E-state index is -1.56. The molecule has 0 aliphatic heterocycles. The number of unbranched alkanes of at least 4 members (excludes halogenated alkanes) is 1. The molecule has 0 radical (unpaired) electrons. The van der Waals surface area contributed by atoms with E-state index >= 15 is 0 Å². The monoisotopic (exact) mass is 422 g/mol. The summed E-state index contributed by atoms with van der Waals surface area (Å²) in [6.45, 7) is 7.11. The fourth-order valence-corrected chi connectivity index (χ4v) is 7.41. The van der Waals surface area contributed by atoms with E-state index in [1.807, 2.05) is 0 Å². The molecule has 1 aliphatic carbocycles. The van der Waals surface area contributed by atoms with Crippen molar-refractivity contribution in [1.82, 2.24) is 0 Å². The number of allylic oxidation sites excluding steroid dienone is 4. The molecule has 1 aromatic rings. The average Bonchev–Trinajstić information content (AvgIpc) is 2.95. The Morgan fingerprint density at radius 2 is 1.65 bits per heavy atom. The third-order valence-corrected chi connectivity index (χ3v) is 8.88. The summed E-state index contributed by atoms with van der Waals surface area (Å²) in [6.07, 6.45) is 10.9. The van der Waals surface area contributed by atoms with Gasteiger partial charge in [-0.2, -0.15) is 6.08 Å². The van der Waals surface area contributed by atoms with Crippen LogP contribution in [0.1, 0.15) is 39.5 Å². The zero-order valence-corrected chi connectivity index (χ0v) is 19.0. The molecular weight excluding hydrogens is 399 g/mol. The van der Waals surface area contributed by atoms with Crippen LogP contribution in [-0.2, 0) is 21.7 Å². The molecule has 0 aromatic heterocycles. The van der Waals surface area contributed by atoms with Gasteiger partial charge in [-0.15, -0.1) is 6.42 Å². The van der Waals surface area contributed by atoms with Gasteiger partial charge in [0.05, 0.1) is 8.07 Å². The first kappa shape index (κ1) is 28.3. The van der Waals surface area contributed by atoms with Crippen molar-refractivity contribution in [2.24, 2.45) is 0 Å². The SMILES string of the molecule is CCCC[Si](C)(C1=[C-]CC=C1CC)c1ccccc1.[Cl-].[Cl-].[Cl-].[Ti+4]. The fraction of sp³-hybridized carbons (Fsp3) is 0.444. The number of halogens is 3. The van der Waals surface area contributed by atoms with Crippen LogP contribution in [0.5, 0.6) is 0 Å². The van der Waals surface area contributed by atoms with Crippen LogP contribution >= 0.6 is 0 Å². The van der Waals surface area contributed by atoms with E-state index in [9.17, 15) is 0 Å². The Kier molecular flexibility index (Phi) is 16.9. The van der Waals surface area contributed by atoms with E-state index in [1.165, 1.54) is 18.9 Å². The van der Waals surface area contributed by atoms with Crippen molar-refractivity contribution in [3.8, 4) is 0 Å². The third kappa shape index (κ3) is 6.72. The molecule has 0 bridgehead atoms. The molecule has 0 amide bonds. The summed E-state index contributed by atoms with van der Waals surface area (Å²) in [6, 6.07) is 12.5. The predicted molar refractivity (Wildman–Crippen MR) is 87.2 cm³/mol. The summed E-state index contributed by atoms with van der Waals surface area (Å²) in [5, 5.41) is 3.17. The van der Waals surface area contributed by atoms with Gasteiger partial charge in [-0.05, 0) is 0 Å². The third-order valence-electron chi connectivity index (χ3n) is 4.32.